The highest BCUT2D eigenvalue weighted by Crippen LogP contribution is 2.59. The maximum atomic E-state index is 13.4. The lowest BCUT2D eigenvalue weighted by Crippen LogP contribution is -2.57. The molecule has 0 unspecified atom stereocenters. The van der Waals surface area contributed by atoms with E-state index in [1.807, 2.05) is 25.1 Å². The molecule has 2 N–H and O–H groups in total. The number of hydrogen-bond acceptors (Lipinski definition) is 6. The first-order valence-corrected chi connectivity index (χ1v) is 14.9. The van der Waals surface area contributed by atoms with E-state index in [4.69, 9.17) is 9.47 Å². The maximum absolute atomic E-state index is 13.4. The second-order valence-electron chi connectivity index (χ2n) is 12.2. The van der Waals surface area contributed by atoms with Gasteiger partial charge in [-0.3, -0.25) is 9.59 Å². The Kier molecular flexibility index (Phi) is 6.88. The Labute approximate surface area is 239 Å². The van der Waals surface area contributed by atoms with Crippen molar-refractivity contribution in [2.75, 3.05) is 20.3 Å². The molecule has 0 radical (unpaired) electrons. The molecule has 2 saturated carbocycles. The van der Waals surface area contributed by atoms with E-state index in [0.717, 1.165) is 63.9 Å². The number of aryl methyl sites for hydroxylation is 2. The summed E-state index contributed by atoms with van der Waals surface area (Å²) in [5, 5.41) is 14.1. The van der Waals surface area contributed by atoms with E-state index in [9.17, 15) is 14.7 Å². The Balaban J connectivity index is 1.15. The van der Waals surface area contributed by atoms with Crippen LogP contribution in [0.15, 0.2) is 42.5 Å². The third-order valence-electron chi connectivity index (χ3n) is 9.27. The van der Waals surface area contributed by atoms with Gasteiger partial charge in [-0.15, -0.1) is 11.3 Å². The first kappa shape index (κ1) is 27.2. The lowest BCUT2D eigenvalue weighted by molar-refractivity contribution is -0.184. The van der Waals surface area contributed by atoms with Gasteiger partial charge in [-0.05, 0) is 104 Å². The number of aliphatic hydroxyl groups is 1. The number of amides is 1. The molecule has 7 heteroatoms. The Bertz CT molecular complexity index is 1450. The fourth-order valence-corrected chi connectivity index (χ4v) is 7.90. The molecule has 0 bridgehead atoms. The van der Waals surface area contributed by atoms with Gasteiger partial charge in [0, 0.05) is 21.7 Å². The van der Waals surface area contributed by atoms with E-state index in [-0.39, 0.29) is 36.5 Å². The lowest BCUT2D eigenvalue weighted by Gasteiger charge is -2.57. The van der Waals surface area contributed by atoms with Crippen LogP contribution in [0.25, 0.3) is 11.1 Å². The van der Waals surface area contributed by atoms with E-state index >= 15 is 0 Å². The van der Waals surface area contributed by atoms with Crippen LogP contribution in [0.3, 0.4) is 0 Å². The van der Waals surface area contributed by atoms with Crippen LogP contribution in [-0.4, -0.2) is 43.2 Å². The molecule has 3 aliphatic rings. The molecule has 2 aliphatic carbocycles. The molecule has 2 aromatic carbocycles. The van der Waals surface area contributed by atoms with Gasteiger partial charge >= 0.3 is 0 Å². The highest BCUT2D eigenvalue weighted by molar-refractivity contribution is 7.12. The zero-order valence-electron chi connectivity index (χ0n) is 23.6. The Morgan fingerprint density at radius 2 is 1.73 bits per heavy atom. The number of nitrogens with one attached hydrogen (secondary N) is 1. The summed E-state index contributed by atoms with van der Waals surface area (Å²) in [6, 6.07) is 14.4. The SMILES string of the molecule is COc1cc(-c2ccc(Cc3c(C)sc(C)c3C(=O)NC3CC4(C3)CC(C(C)=O)C4)cc2)cc(C2(O)COC2)c1. The van der Waals surface area contributed by atoms with E-state index in [1.54, 1.807) is 25.4 Å². The summed E-state index contributed by atoms with van der Waals surface area (Å²) in [5.74, 6) is 1.25. The van der Waals surface area contributed by atoms with Crippen molar-refractivity contribution in [1.29, 1.82) is 0 Å². The van der Waals surface area contributed by atoms with E-state index < -0.39 is 5.60 Å². The van der Waals surface area contributed by atoms with Gasteiger partial charge in [-0.1, -0.05) is 24.3 Å². The zero-order valence-corrected chi connectivity index (χ0v) is 24.5. The highest BCUT2D eigenvalue weighted by Gasteiger charge is 2.54. The van der Waals surface area contributed by atoms with Gasteiger partial charge in [0.1, 0.15) is 17.1 Å². The van der Waals surface area contributed by atoms with Gasteiger partial charge in [0.2, 0.25) is 0 Å². The molecule has 1 aliphatic heterocycles. The van der Waals surface area contributed by atoms with Gasteiger partial charge < -0.3 is 19.9 Å². The predicted molar refractivity (Wildman–Crippen MR) is 156 cm³/mol. The number of ether oxygens (including phenoxy) is 2. The third-order valence-corrected chi connectivity index (χ3v) is 10.3. The van der Waals surface area contributed by atoms with Crippen molar-refractivity contribution in [2.45, 2.75) is 64.5 Å². The van der Waals surface area contributed by atoms with Crippen LogP contribution < -0.4 is 10.1 Å². The molecule has 1 amide bonds. The topological polar surface area (TPSA) is 84.9 Å². The van der Waals surface area contributed by atoms with Crippen molar-refractivity contribution in [3.63, 3.8) is 0 Å². The molecule has 2 heterocycles. The van der Waals surface area contributed by atoms with Gasteiger partial charge in [-0.2, -0.15) is 0 Å². The lowest BCUT2D eigenvalue weighted by atomic mass is 9.49. The monoisotopic (exact) mass is 559 g/mol. The van der Waals surface area contributed by atoms with E-state index in [0.29, 0.717) is 18.0 Å². The Hall–Kier alpha value is -3.00. The first-order valence-electron chi connectivity index (χ1n) is 14.1. The van der Waals surface area contributed by atoms with Crippen molar-refractivity contribution in [1.82, 2.24) is 5.32 Å². The second-order valence-corrected chi connectivity index (χ2v) is 13.6. The largest absolute Gasteiger partial charge is 0.497 e. The third kappa shape index (κ3) is 4.89. The van der Waals surface area contributed by atoms with Crippen molar-refractivity contribution in [2.24, 2.45) is 11.3 Å². The molecular formula is C33H37NO5S. The quantitative estimate of drug-likeness (QED) is 0.368. The van der Waals surface area contributed by atoms with Crippen LogP contribution in [0.4, 0.5) is 0 Å². The number of carbonyl (C=O) groups is 2. The molecule has 6 rings (SSSR count). The standard InChI is InChI=1S/C33H37NO5S/c1-19(35)25-13-32(14-25)15-27(16-32)34-31(36)30-21(3)40-20(2)29(30)9-22-5-7-23(8-6-22)24-10-26(12-28(11-24)38-4)33(37)17-39-18-33/h5-8,10-12,25,27,37H,9,13-18H2,1-4H3,(H,34,36). The summed E-state index contributed by atoms with van der Waals surface area (Å²) in [6.45, 7) is 6.40. The van der Waals surface area contributed by atoms with Crippen molar-refractivity contribution >= 4 is 23.0 Å². The minimum Gasteiger partial charge on any atom is -0.497 e. The number of Topliss-reactive ketones (excluding diaryl/α,β-unsaturated/α-hetero) is 1. The van der Waals surface area contributed by atoms with E-state index in [2.05, 4.69) is 36.5 Å². The van der Waals surface area contributed by atoms with Crippen LogP contribution in [0.5, 0.6) is 5.75 Å². The van der Waals surface area contributed by atoms with E-state index in [1.165, 1.54) is 4.88 Å². The maximum Gasteiger partial charge on any atom is 0.252 e. The summed E-state index contributed by atoms with van der Waals surface area (Å²) >= 11 is 1.68. The summed E-state index contributed by atoms with van der Waals surface area (Å²) in [7, 11) is 1.63. The van der Waals surface area contributed by atoms with Crippen LogP contribution in [0.1, 0.15) is 69.4 Å². The number of hydrogen-bond donors (Lipinski definition) is 2. The van der Waals surface area contributed by atoms with Crippen LogP contribution in [0.2, 0.25) is 0 Å². The second kappa shape index (κ2) is 10.1. The van der Waals surface area contributed by atoms with Gasteiger partial charge in [0.15, 0.2) is 0 Å². The smallest absolute Gasteiger partial charge is 0.252 e. The molecule has 0 atom stereocenters. The predicted octanol–water partition coefficient (Wildman–Crippen LogP) is 5.73. The zero-order chi connectivity index (χ0) is 28.2. The van der Waals surface area contributed by atoms with Gasteiger partial charge in [0.25, 0.3) is 5.91 Å². The van der Waals surface area contributed by atoms with Crippen LogP contribution in [0, 0.1) is 25.2 Å². The number of rotatable bonds is 8. The Morgan fingerprint density at radius 3 is 2.33 bits per heavy atom. The molecule has 1 aromatic heterocycles. The Morgan fingerprint density at radius 1 is 1.02 bits per heavy atom. The number of ketones is 1. The molecule has 3 aromatic rings. The molecule has 1 saturated heterocycles. The van der Waals surface area contributed by atoms with Crippen LogP contribution >= 0.6 is 11.3 Å². The van der Waals surface area contributed by atoms with Crippen molar-refractivity contribution in [3.8, 4) is 16.9 Å². The summed E-state index contributed by atoms with van der Waals surface area (Å²) < 4.78 is 10.8. The van der Waals surface area contributed by atoms with Gasteiger partial charge in [-0.25, -0.2) is 0 Å². The fourth-order valence-electron chi connectivity index (χ4n) is 6.83. The molecular weight excluding hydrogens is 522 g/mol. The summed E-state index contributed by atoms with van der Waals surface area (Å²) in [6.07, 6.45) is 4.63. The average molecular weight is 560 g/mol. The number of benzene rings is 2. The van der Waals surface area contributed by atoms with Gasteiger partial charge in [0.05, 0.1) is 25.9 Å². The average Bonchev–Trinajstić information content (AvgIpc) is 3.15. The molecule has 6 nitrogen and oxygen atoms in total. The minimum atomic E-state index is -0.969. The fraction of sp³-hybridized carbons (Fsp3) is 0.455. The summed E-state index contributed by atoms with van der Waals surface area (Å²) in [5.41, 5.74) is 5.17. The molecule has 1 spiro atoms. The number of thiophene rings is 1. The normalized spacial score (nSPS) is 24.5. The van der Waals surface area contributed by atoms with Crippen molar-refractivity contribution in [3.05, 3.63) is 74.5 Å². The molecule has 210 valence electrons. The first-order chi connectivity index (χ1) is 19.1. The number of carbonyl (C=O) groups excluding carboxylic acids is 2. The molecule has 40 heavy (non-hydrogen) atoms. The molecule has 3 fully saturated rings. The highest BCUT2D eigenvalue weighted by atomic mass is 32.1. The number of methoxy groups -OCH3 is 1. The minimum absolute atomic E-state index is 0.0255. The summed E-state index contributed by atoms with van der Waals surface area (Å²) in [4.78, 5) is 27.3. The van der Waals surface area contributed by atoms with Crippen LogP contribution in [-0.2, 0) is 21.6 Å². The van der Waals surface area contributed by atoms with Crippen molar-refractivity contribution < 1.29 is 24.2 Å².